The number of nitrogens with zero attached hydrogens (tertiary/aromatic N) is 1. The fourth-order valence-corrected chi connectivity index (χ4v) is 4.58. The molecular weight excluding hydrogens is 248 g/mol. The van der Waals surface area contributed by atoms with Gasteiger partial charge in [-0.25, -0.2) is 0 Å². The highest BCUT2D eigenvalue weighted by atomic mass is 16.2. The van der Waals surface area contributed by atoms with Crippen LogP contribution < -0.4 is 5.73 Å². The predicted molar refractivity (Wildman–Crippen MR) is 84.6 cm³/mol. The Morgan fingerprint density at radius 3 is 2.75 bits per heavy atom. The lowest BCUT2D eigenvalue weighted by atomic mass is 9.75. The van der Waals surface area contributed by atoms with E-state index in [1.165, 1.54) is 57.9 Å². The van der Waals surface area contributed by atoms with Crippen LogP contribution in [0.3, 0.4) is 0 Å². The van der Waals surface area contributed by atoms with Gasteiger partial charge in [-0.2, -0.15) is 0 Å². The molecular formula is C17H34N2O. The third-order valence-corrected chi connectivity index (χ3v) is 5.61. The average molecular weight is 282 g/mol. The molecule has 0 aromatic heterocycles. The van der Waals surface area contributed by atoms with Crippen molar-refractivity contribution in [1.29, 1.82) is 0 Å². The number of nitrogens with two attached hydrogens (primary N) is 1. The van der Waals surface area contributed by atoms with E-state index in [2.05, 4.69) is 11.8 Å². The molecule has 20 heavy (non-hydrogen) atoms. The van der Waals surface area contributed by atoms with Crippen LogP contribution in [0.2, 0.25) is 0 Å². The fraction of sp³-hybridized carbons (Fsp3) is 1.00. The van der Waals surface area contributed by atoms with Gasteiger partial charge in [-0.1, -0.05) is 26.2 Å². The summed E-state index contributed by atoms with van der Waals surface area (Å²) in [4.78, 5) is 2.77. The SMILES string of the molecule is CCCC1CCC(CN)C(N2CCCC2CCCO)C1. The van der Waals surface area contributed by atoms with Gasteiger partial charge in [-0.3, -0.25) is 4.90 Å². The summed E-state index contributed by atoms with van der Waals surface area (Å²) in [6.45, 7) is 4.76. The van der Waals surface area contributed by atoms with Crippen molar-refractivity contribution in [3.05, 3.63) is 0 Å². The zero-order valence-corrected chi connectivity index (χ0v) is 13.3. The molecule has 1 heterocycles. The number of likely N-dealkylation sites (tertiary alicyclic amines) is 1. The first-order valence-corrected chi connectivity index (χ1v) is 8.86. The molecule has 0 amide bonds. The first kappa shape index (κ1) is 16.3. The molecule has 1 aliphatic carbocycles. The number of rotatable bonds is 7. The predicted octanol–water partition coefficient (Wildman–Crippen LogP) is 2.77. The molecule has 3 N–H and O–H groups in total. The minimum absolute atomic E-state index is 0.341. The second-order valence-corrected chi connectivity index (χ2v) is 6.93. The summed E-state index contributed by atoms with van der Waals surface area (Å²) < 4.78 is 0. The van der Waals surface area contributed by atoms with Gasteiger partial charge in [-0.05, 0) is 63.5 Å². The number of aliphatic hydroxyl groups is 1. The molecule has 0 bridgehead atoms. The van der Waals surface area contributed by atoms with E-state index in [4.69, 9.17) is 10.8 Å². The molecule has 3 heteroatoms. The molecule has 4 unspecified atom stereocenters. The van der Waals surface area contributed by atoms with Crippen molar-refractivity contribution in [2.75, 3.05) is 19.7 Å². The maximum Gasteiger partial charge on any atom is 0.0431 e. The zero-order valence-electron chi connectivity index (χ0n) is 13.3. The minimum atomic E-state index is 0.341. The Kier molecular flexibility index (Phi) is 6.79. The average Bonchev–Trinajstić information content (AvgIpc) is 2.93. The standard InChI is InChI=1S/C17H34N2O/c1-2-5-14-8-9-15(13-18)17(12-14)19-10-3-6-16(19)7-4-11-20/h14-17,20H,2-13,18H2,1H3. The van der Waals surface area contributed by atoms with Gasteiger partial charge in [0.1, 0.15) is 0 Å². The summed E-state index contributed by atoms with van der Waals surface area (Å²) in [6, 6.07) is 1.43. The smallest absolute Gasteiger partial charge is 0.0431 e. The Morgan fingerprint density at radius 1 is 1.20 bits per heavy atom. The summed E-state index contributed by atoms with van der Waals surface area (Å²) >= 11 is 0. The summed E-state index contributed by atoms with van der Waals surface area (Å²) in [5.74, 6) is 1.63. The van der Waals surface area contributed by atoms with Crippen LogP contribution in [-0.4, -0.2) is 41.8 Å². The summed E-state index contributed by atoms with van der Waals surface area (Å²) in [5.41, 5.74) is 6.06. The molecule has 2 aliphatic rings. The Bertz CT molecular complexity index is 272. The zero-order chi connectivity index (χ0) is 14.4. The van der Waals surface area contributed by atoms with Crippen LogP contribution in [0.25, 0.3) is 0 Å². The van der Waals surface area contributed by atoms with Crippen molar-refractivity contribution in [2.24, 2.45) is 17.6 Å². The van der Waals surface area contributed by atoms with Gasteiger partial charge >= 0.3 is 0 Å². The van der Waals surface area contributed by atoms with Crippen molar-refractivity contribution in [2.45, 2.75) is 76.8 Å². The van der Waals surface area contributed by atoms with Gasteiger partial charge in [0.15, 0.2) is 0 Å². The van der Waals surface area contributed by atoms with E-state index >= 15 is 0 Å². The lowest BCUT2D eigenvalue weighted by molar-refractivity contribution is 0.0640. The first-order chi connectivity index (χ1) is 9.80. The van der Waals surface area contributed by atoms with Gasteiger partial charge in [-0.15, -0.1) is 0 Å². The molecule has 0 radical (unpaired) electrons. The van der Waals surface area contributed by atoms with Crippen LogP contribution in [-0.2, 0) is 0 Å². The molecule has 2 rings (SSSR count). The fourth-order valence-electron chi connectivity index (χ4n) is 4.58. The molecule has 0 aromatic carbocycles. The lowest BCUT2D eigenvalue weighted by Crippen LogP contribution is -2.48. The molecule has 0 spiro atoms. The summed E-state index contributed by atoms with van der Waals surface area (Å²) in [7, 11) is 0. The summed E-state index contributed by atoms with van der Waals surface area (Å²) in [6.07, 6.45) is 11.6. The monoisotopic (exact) mass is 282 g/mol. The van der Waals surface area contributed by atoms with Gasteiger partial charge in [0.25, 0.3) is 0 Å². The van der Waals surface area contributed by atoms with E-state index in [0.717, 1.165) is 24.9 Å². The van der Waals surface area contributed by atoms with Crippen LogP contribution in [0.4, 0.5) is 0 Å². The van der Waals surface area contributed by atoms with Gasteiger partial charge in [0.05, 0.1) is 0 Å². The molecule has 1 aliphatic heterocycles. The van der Waals surface area contributed by atoms with Gasteiger partial charge < -0.3 is 10.8 Å². The number of hydrogen-bond donors (Lipinski definition) is 2. The highest BCUT2D eigenvalue weighted by Gasteiger charge is 2.37. The van der Waals surface area contributed by atoms with Gasteiger partial charge in [0.2, 0.25) is 0 Å². The van der Waals surface area contributed by atoms with E-state index in [1.54, 1.807) is 0 Å². The van der Waals surface area contributed by atoms with Crippen molar-refractivity contribution in [3.63, 3.8) is 0 Å². The number of aliphatic hydroxyl groups excluding tert-OH is 1. The van der Waals surface area contributed by atoms with E-state index < -0.39 is 0 Å². The Labute approximate surface area is 124 Å². The largest absolute Gasteiger partial charge is 0.396 e. The van der Waals surface area contributed by atoms with Crippen LogP contribution >= 0.6 is 0 Å². The minimum Gasteiger partial charge on any atom is -0.396 e. The van der Waals surface area contributed by atoms with Gasteiger partial charge in [0, 0.05) is 18.7 Å². The van der Waals surface area contributed by atoms with E-state index in [9.17, 15) is 0 Å². The third-order valence-electron chi connectivity index (χ3n) is 5.61. The molecule has 4 atom stereocenters. The van der Waals surface area contributed by atoms with Crippen LogP contribution in [0.1, 0.15) is 64.7 Å². The normalized spacial score (nSPS) is 35.5. The van der Waals surface area contributed by atoms with Crippen molar-refractivity contribution in [1.82, 2.24) is 4.90 Å². The highest BCUT2D eigenvalue weighted by molar-refractivity contribution is 4.92. The topological polar surface area (TPSA) is 49.5 Å². The quantitative estimate of drug-likeness (QED) is 0.755. The first-order valence-electron chi connectivity index (χ1n) is 8.86. The maximum atomic E-state index is 9.09. The van der Waals surface area contributed by atoms with Crippen LogP contribution in [0, 0.1) is 11.8 Å². The Hall–Kier alpha value is -0.120. The Balaban J connectivity index is 1.97. The molecule has 2 fully saturated rings. The maximum absolute atomic E-state index is 9.09. The third kappa shape index (κ3) is 3.96. The molecule has 1 saturated heterocycles. The molecule has 0 aromatic rings. The van der Waals surface area contributed by atoms with E-state index in [1.807, 2.05) is 0 Å². The van der Waals surface area contributed by atoms with Crippen molar-refractivity contribution < 1.29 is 5.11 Å². The molecule has 3 nitrogen and oxygen atoms in total. The molecule has 118 valence electrons. The molecule has 1 saturated carbocycles. The highest BCUT2D eigenvalue weighted by Crippen LogP contribution is 2.38. The van der Waals surface area contributed by atoms with E-state index in [-0.39, 0.29) is 0 Å². The lowest BCUT2D eigenvalue weighted by Gasteiger charge is -2.43. The van der Waals surface area contributed by atoms with Crippen molar-refractivity contribution in [3.8, 4) is 0 Å². The Morgan fingerprint density at radius 2 is 2.05 bits per heavy atom. The van der Waals surface area contributed by atoms with Crippen LogP contribution in [0.15, 0.2) is 0 Å². The second-order valence-electron chi connectivity index (χ2n) is 6.93. The van der Waals surface area contributed by atoms with Crippen LogP contribution in [0.5, 0.6) is 0 Å². The number of hydrogen-bond acceptors (Lipinski definition) is 3. The second kappa shape index (κ2) is 8.35. The van der Waals surface area contributed by atoms with Crippen molar-refractivity contribution >= 4 is 0 Å². The van der Waals surface area contributed by atoms with E-state index in [0.29, 0.717) is 18.6 Å². The summed E-state index contributed by atoms with van der Waals surface area (Å²) in [5, 5.41) is 9.09.